The van der Waals surface area contributed by atoms with Gasteiger partial charge in [0.2, 0.25) is 0 Å². The number of methoxy groups -OCH3 is 2. The average molecular weight is 256 g/mol. The third-order valence-electron chi connectivity index (χ3n) is 2.14. The molecule has 0 saturated heterocycles. The van der Waals surface area contributed by atoms with Crippen LogP contribution >= 0.6 is 0 Å². The van der Waals surface area contributed by atoms with Crippen LogP contribution in [0, 0.1) is 23.7 Å². The molecule has 3 heteroatoms. The van der Waals surface area contributed by atoms with Gasteiger partial charge in [-0.05, 0) is 37.3 Å². The Morgan fingerprint density at radius 3 is 2.42 bits per heavy atom. The fourth-order valence-electron chi connectivity index (χ4n) is 1.29. The van der Waals surface area contributed by atoms with Crippen molar-refractivity contribution in [2.45, 2.75) is 13.0 Å². The first-order valence-corrected chi connectivity index (χ1v) is 5.75. The number of rotatable bonds is 2. The Bertz CT molecular complexity index is 563. The summed E-state index contributed by atoms with van der Waals surface area (Å²) in [6.07, 6.45) is 2.61. The van der Waals surface area contributed by atoms with Crippen molar-refractivity contribution in [3.63, 3.8) is 0 Å². The molecule has 0 aliphatic carbocycles. The van der Waals surface area contributed by atoms with Crippen LogP contribution in [-0.4, -0.2) is 25.4 Å². The molecular formula is C16H16O3. The highest BCUT2D eigenvalue weighted by atomic mass is 16.5. The molecule has 19 heavy (non-hydrogen) atoms. The highest BCUT2D eigenvalue weighted by Crippen LogP contribution is 2.26. The maximum atomic E-state index is 8.92. The first-order valence-electron chi connectivity index (χ1n) is 5.75. The minimum atomic E-state index is -0.622. The largest absolute Gasteiger partial charge is 0.493 e. The second-order valence-electron chi connectivity index (χ2n) is 3.64. The lowest BCUT2D eigenvalue weighted by atomic mass is 10.2. The zero-order chi connectivity index (χ0) is 14.1. The molecule has 98 valence electrons. The molecule has 0 spiro atoms. The van der Waals surface area contributed by atoms with Gasteiger partial charge in [-0.25, -0.2) is 0 Å². The van der Waals surface area contributed by atoms with Gasteiger partial charge in [-0.15, -0.1) is 0 Å². The van der Waals surface area contributed by atoms with Crippen LogP contribution in [0.5, 0.6) is 11.5 Å². The molecule has 0 fully saturated rings. The van der Waals surface area contributed by atoms with E-state index in [9.17, 15) is 0 Å². The molecule has 1 aromatic carbocycles. The van der Waals surface area contributed by atoms with E-state index in [1.54, 1.807) is 45.4 Å². The van der Waals surface area contributed by atoms with Gasteiger partial charge in [-0.2, -0.15) is 0 Å². The maximum absolute atomic E-state index is 8.92. The molecule has 0 bridgehead atoms. The highest BCUT2D eigenvalue weighted by Gasteiger charge is 2.02. The van der Waals surface area contributed by atoms with Gasteiger partial charge in [0.1, 0.15) is 6.10 Å². The fourth-order valence-corrected chi connectivity index (χ4v) is 1.29. The summed E-state index contributed by atoms with van der Waals surface area (Å²) < 4.78 is 10.3. The monoisotopic (exact) mass is 256 g/mol. The minimum absolute atomic E-state index is 0.622. The number of hydrogen-bond acceptors (Lipinski definition) is 3. The Hall–Kier alpha value is -2.36. The minimum Gasteiger partial charge on any atom is -0.493 e. The summed E-state index contributed by atoms with van der Waals surface area (Å²) in [6.45, 7) is 1.61. The van der Waals surface area contributed by atoms with Crippen molar-refractivity contribution in [3.05, 3.63) is 35.9 Å². The van der Waals surface area contributed by atoms with Crippen LogP contribution in [0.3, 0.4) is 0 Å². The van der Waals surface area contributed by atoms with Crippen LogP contribution in [0.4, 0.5) is 0 Å². The summed E-state index contributed by atoms with van der Waals surface area (Å²) in [5.74, 6) is 12.4. The van der Waals surface area contributed by atoms with Crippen molar-refractivity contribution in [1.29, 1.82) is 0 Å². The molecular weight excluding hydrogens is 240 g/mol. The average Bonchev–Trinajstić information content (AvgIpc) is 2.42. The van der Waals surface area contributed by atoms with Crippen LogP contribution < -0.4 is 9.47 Å². The van der Waals surface area contributed by atoms with E-state index >= 15 is 0 Å². The Kier molecular flexibility index (Phi) is 6.09. The number of aliphatic hydroxyl groups is 1. The number of allylic oxidation sites excluding steroid dienone is 2. The molecule has 0 heterocycles. The van der Waals surface area contributed by atoms with E-state index in [1.165, 1.54) is 0 Å². The molecule has 0 aromatic heterocycles. The Morgan fingerprint density at radius 2 is 1.79 bits per heavy atom. The SMILES string of the molecule is COc1ccc(C#C/C=C\C#CC(C)O)cc1OC. The highest BCUT2D eigenvalue weighted by molar-refractivity contribution is 5.49. The van der Waals surface area contributed by atoms with Gasteiger partial charge in [0.05, 0.1) is 14.2 Å². The summed E-state index contributed by atoms with van der Waals surface area (Å²) >= 11 is 0. The van der Waals surface area contributed by atoms with E-state index < -0.39 is 6.10 Å². The van der Waals surface area contributed by atoms with E-state index in [-0.39, 0.29) is 0 Å². The molecule has 3 nitrogen and oxygen atoms in total. The third kappa shape index (κ3) is 5.21. The van der Waals surface area contributed by atoms with Gasteiger partial charge in [-0.1, -0.05) is 23.7 Å². The molecule has 0 amide bonds. The van der Waals surface area contributed by atoms with Crippen molar-refractivity contribution in [2.75, 3.05) is 14.2 Å². The smallest absolute Gasteiger partial charge is 0.161 e. The van der Waals surface area contributed by atoms with E-state index in [0.717, 1.165) is 5.56 Å². The summed E-state index contributed by atoms with van der Waals surface area (Å²) in [7, 11) is 3.17. The lowest BCUT2D eigenvalue weighted by molar-refractivity contribution is 0.253. The lowest BCUT2D eigenvalue weighted by Crippen LogP contribution is -1.91. The molecule has 1 atom stereocenters. The molecule has 1 unspecified atom stereocenters. The van der Waals surface area contributed by atoms with Gasteiger partial charge < -0.3 is 14.6 Å². The number of benzene rings is 1. The quantitative estimate of drug-likeness (QED) is 0.822. The first-order chi connectivity index (χ1) is 9.17. The molecule has 1 aromatic rings. The van der Waals surface area contributed by atoms with Gasteiger partial charge in [-0.3, -0.25) is 0 Å². The van der Waals surface area contributed by atoms with Crippen LogP contribution in [0.25, 0.3) is 0 Å². The van der Waals surface area contributed by atoms with Crippen molar-refractivity contribution in [1.82, 2.24) is 0 Å². The number of ether oxygens (including phenoxy) is 2. The van der Waals surface area contributed by atoms with Crippen LogP contribution in [-0.2, 0) is 0 Å². The van der Waals surface area contributed by atoms with E-state index in [2.05, 4.69) is 23.7 Å². The molecule has 0 aliphatic heterocycles. The second kappa shape index (κ2) is 7.87. The third-order valence-corrected chi connectivity index (χ3v) is 2.14. The molecule has 0 saturated carbocycles. The summed E-state index contributed by atoms with van der Waals surface area (Å²) in [6, 6.07) is 5.46. The summed E-state index contributed by atoms with van der Waals surface area (Å²) in [5.41, 5.74) is 0.825. The van der Waals surface area contributed by atoms with Crippen molar-refractivity contribution < 1.29 is 14.6 Å². The Labute approximate surface area is 113 Å². The van der Waals surface area contributed by atoms with Gasteiger partial charge in [0.15, 0.2) is 11.5 Å². The zero-order valence-electron chi connectivity index (χ0n) is 11.2. The standard InChI is InChI=1S/C16H16O3/c1-13(17)8-6-4-5-7-9-14-10-11-15(18-2)16(12-14)19-3/h4-5,10-13,17H,1-3H3/b5-4-. The predicted molar refractivity (Wildman–Crippen MR) is 75.0 cm³/mol. The van der Waals surface area contributed by atoms with Crippen molar-refractivity contribution in [2.24, 2.45) is 0 Å². The molecule has 0 radical (unpaired) electrons. The van der Waals surface area contributed by atoms with Gasteiger partial charge >= 0.3 is 0 Å². The number of hydrogen-bond donors (Lipinski definition) is 1. The lowest BCUT2D eigenvalue weighted by Gasteiger charge is -2.06. The molecule has 0 aliphatic rings. The topological polar surface area (TPSA) is 38.7 Å². The van der Waals surface area contributed by atoms with Gasteiger partial charge in [0.25, 0.3) is 0 Å². The second-order valence-corrected chi connectivity index (χ2v) is 3.64. The summed E-state index contributed by atoms with van der Waals surface area (Å²) in [5, 5.41) is 8.92. The normalized spacial score (nSPS) is 10.9. The zero-order valence-corrected chi connectivity index (χ0v) is 11.2. The van der Waals surface area contributed by atoms with Gasteiger partial charge in [0, 0.05) is 5.56 Å². The van der Waals surface area contributed by atoms with Crippen molar-refractivity contribution >= 4 is 0 Å². The fraction of sp³-hybridized carbons (Fsp3) is 0.250. The summed E-state index contributed by atoms with van der Waals surface area (Å²) in [4.78, 5) is 0. The Balaban J connectivity index is 2.77. The van der Waals surface area contributed by atoms with Crippen LogP contribution in [0.1, 0.15) is 12.5 Å². The molecule has 1 N–H and O–H groups in total. The Morgan fingerprint density at radius 1 is 1.11 bits per heavy atom. The van der Waals surface area contributed by atoms with E-state index in [4.69, 9.17) is 14.6 Å². The molecule has 1 rings (SSSR count). The van der Waals surface area contributed by atoms with E-state index in [1.807, 2.05) is 6.07 Å². The first kappa shape index (κ1) is 14.7. The maximum Gasteiger partial charge on any atom is 0.161 e. The van der Waals surface area contributed by atoms with E-state index in [0.29, 0.717) is 11.5 Å². The van der Waals surface area contributed by atoms with Crippen LogP contribution in [0.2, 0.25) is 0 Å². The predicted octanol–water partition coefficient (Wildman–Crippen LogP) is 2.00. The van der Waals surface area contributed by atoms with Crippen molar-refractivity contribution in [3.8, 4) is 35.2 Å². The number of aliphatic hydroxyl groups excluding tert-OH is 1. The van der Waals surface area contributed by atoms with Crippen LogP contribution in [0.15, 0.2) is 30.4 Å².